The Labute approximate surface area is 91.6 Å². The van der Waals surface area contributed by atoms with E-state index in [2.05, 4.69) is 0 Å². The maximum atomic E-state index is 10.9. The van der Waals surface area contributed by atoms with Crippen LogP contribution in [0.1, 0.15) is 21.7 Å². The van der Waals surface area contributed by atoms with Gasteiger partial charge in [0.15, 0.2) is 0 Å². The number of aryl methyl sites for hydroxylation is 1. The minimum Gasteiger partial charge on any atom is -0.478 e. The average molecular weight is 221 g/mol. The minimum atomic E-state index is -0.871. The first-order chi connectivity index (χ1) is 7.11. The van der Waals surface area contributed by atoms with Gasteiger partial charge in [-0.15, -0.1) is 0 Å². The Kier molecular flexibility index (Phi) is 2.36. The average Bonchev–Trinajstić information content (AvgIpc) is 2.73. The van der Waals surface area contributed by atoms with E-state index >= 15 is 0 Å². The van der Waals surface area contributed by atoms with Crippen molar-refractivity contribution in [3.8, 4) is 5.69 Å². The van der Waals surface area contributed by atoms with Gasteiger partial charge < -0.3 is 9.67 Å². The van der Waals surface area contributed by atoms with Crippen LogP contribution < -0.4 is 0 Å². The van der Waals surface area contributed by atoms with Crippen molar-refractivity contribution in [2.24, 2.45) is 0 Å². The maximum Gasteiger partial charge on any atom is 0.337 e. The smallest absolute Gasteiger partial charge is 0.337 e. The highest BCUT2D eigenvalue weighted by molar-refractivity contribution is 7.08. The van der Waals surface area contributed by atoms with Crippen LogP contribution in [-0.4, -0.2) is 15.6 Å². The summed E-state index contributed by atoms with van der Waals surface area (Å²) in [5.41, 5.74) is 3.13. The maximum absolute atomic E-state index is 10.9. The Morgan fingerprint density at radius 2 is 2.20 bits per heavy atom. The second-order valence-electron chi connectivity index (χ2n) is 3.41. The van der Waals surface area contributed by atoms with Crippen molar-refractivity contribution in [2.75, 3.05) is 0 Å². The monoisotopic (exact) mass is 221 g/mol. The second-order valence-corrected chi connectivity index (χ2v) is 4.19. The van der Waals surface area contributed by atoms with Crippen molar-refractivity contribution in [2.45, 2.75) is 13.8 Å². The summed E-state index contributed by atoms with van der Waals surface area (Å²) in [6.07, 6.45) is 0. The van der Waals surface area contributed by atoms with Gasteiger partial charge in [0.25, 0.3) is 0 Å². The summed E-state index contributed by atoms with van der Waals surface area (Å²) >= 11 is 1.60. The molecule has 0 spiro atoms. The predicted octanol–water partition coefficient (Wildman–Crippen LogP) is 2.85. The number of aromatic nitrogens is 1. The molecule has 0 aliphatic rings. The van der Waals surface area contributed by atoms with Gasteiger partial charge in [-0.25, -0.2) is 4.79 Å². The summed E-state index contributed by atoms with van der Waals surface area (Å²) in [7, 11) is 0. The van der Waals surface area contributed by atoms with E-state index in [1.807, 2.05) is 35.2 Å². The molecule has 2 aromatic heterocycles. The Hall–Kier alpha value is -1.55. The molecular weight excluding hydrogens is 210 g/mol. The zero-order valence-corrected chi connectivity index (χ0v) is 9.34. The van der Waals surface area contributed by atoms with Gasteiger partial charge in [-0.05, 0) is 31.4 Å². The molecule has 0 atom stereocenters. The molecule has 0 aromatic carbocycles. The number of hydrogen-bond acceptors (Lipinski definition) is 2. The van der Waals surface area contributed by atoms with Crippen molar-refractivity contribution >= 4 is 17.3 Å². The lowest BCUT2D eigenvalue weighted by Crippen LogP contribution is -2.01. The van der Waals surface area contributed by atoms with E-state index in [9.17, 15) is 4.79 Å². The molecule has 4 heteroatoms. The molecule has 2 rings (SSSR count). The highest BCUT2D eigenvalue weighted by Gasteiger charge is 2.15. The Bertz CT molecular complexity index is 497. The van der Waals surface area contributed by atoms with Crippen molar-refractivity contribution in [1.29, 1.82) is 0 Å². The summed E-state index contributed by atoms with van der Waals surface area (Å²) < 4.78 is 1.96. The lowest BCUT2D eigenvalue weighted by Gasteiger charge is -2.06. The number of hydrogen-bond donors (Lipinski definition) is 1. The first-order valence-corrected chi connectivity index (χ1v) is 5.50. The molecule has 2 aromatic rings. The molecule has 2 heterocycles. The quantitative estimate of drug-likeness (QED) is 0.847. The predicted molar refractivity (Wildman–Crippen MR) is 60.1 cm³/mol. The number of aromatic carboxylic acids is 1. The van der Waals surface area contributed by atoms with E-state index < -0.39 is 5.97 Å². The van der Waals surface area contributed by atoms with Crippen LogP contribution in [0.15, 0.2) is 22.9 Å². The third-order valence-corrected chi connectivity index (χ3v) is 3.10. The van der Waals surface area contributed by atoms with Crippen LogP contribution in [0.25, 0.3) is 5.69 Å². The first-order valence-electron chi connectivity index (χ1n) is 4.56. The molecule has 0 fully saturated rings. The van der Waals surface area contributed by atoms with Crippen LogP contribution in [0, 0.1) is 13.8 Å². The highest BCUT2D eigenvalue weighted by atomic mass is 32.1. The fraction of sp³-hybridized carbons (Fsp3) is 0.182. The third kappa shape index (κ3) is 1.57. The SMILES string of the molecule is Cc1cc(C(=O)O)c(C)n1-c1ccsc1. The van der Waals surface area contributed by atoms with E-state index in [0.29, 0.717) is 5.56 Å². The summed E-state index contributed by atoms with van der Waals surface area (Å²) in [5.74, 6) is -0.871. The van der Waals surface area contributed by atoms with Gasteiger partial charge in [-0.1, -0.05) is 0 Å². The van der Waals surface area contributed by atoms with Crippen molar-refractivity contribution in [1.82, 2.24) is 4.57 Å². The highest BCUT2D eigenvalue weighted by Crippen LogP contribution is 2.22. The molecule has 0 bridgehead atoms. The van der Waals surface area contributed by atoms with Crippen LogP contribution in [-0.2, 0) is 0 Å². The molecule has 0 saturated heterocycles. The zero-order chi connectivity index (χ0) is 11.0. The topological polar surface area (TPSA) is 42.2 Å². The summed E-state index contributed by atoms with van der Waals surface area (Å²) in [6.45, 7) is 3.74. The molecule has 0 saturated carbocycles. The fourth-order valence-electron chi connectivity index (χ4n) is 1.76. The number of thiophene rings is 1. The van der Waals surface area contributed by atoms with E-state index in [0.717, 1.165) is 17.1 Å². The normalized spacial score (nSPS) is 10.5. The Morgan fingerprint density at radius 3 is 2.67 bits per heavy atom. The van der Waals surface area contributed by atoms with E-state index in [4.69, 9.17) is 5.11 Å². The van der Waals surface area contributed by atoms with Crippen LogP contribution in [0.4, 0.5) is 0 Å². The standard InChI is InChI=1S/C11H11NO2S/c1-7-5-10(11(13)14)8(2)12(7)9-3-4-15-6-9/h3-6H,1-2H3,(H,13,14). The Morgan fingerprint density at radius 1 is 1.47 bits per heavy atom. The lowest BCUT2D eigenvalue weighted by molar-refractivity contribution is 0.0696. The number of rotatable bonds is 2. The molecule has 78 valence electrons. The molecular formula is C11H11NO2S. The third-order valence-electron chi connectivity index (χ3n) is 2.43. The van der Waals surface area contributed by atoms with Crippen molar-refractivity contribution < 1.29 is 9.90 Å². The number of carboxylic acids is 1. The number of nitrogens with zero attached hydrogens (tertiary/aromatic N) is 1. The van der Waals surface area contributed by atoms with Crippen LogP contribution in [0.2, 0.25) is 0 Å². The molecule has 0 amide bonds. The summed E-state index contributed by atoms with van der Waals surface area (Å²) in [6, 6.07) is 3.69. The summed E-state index contributed by atoms with van der Waals surface area (Å²) in [4.78, 5) is 10.9. The first kappa shape index (κ1) is 9.98. The van der Waals surface area contributed by atoms with E-state index in [-0.39, 0.29) is 0 Å². The molecule has 0 radical (unpaired) electrons. The molecule has 15 heavy (non-hydrogen) atoms. The zero-order valence-electron chi connectivity index (χ0n) is 8.52. The van der Waals surface area contributed by atoms with Gasteiger partial charge in [-0.3, -0.25) is 0 Å². The van der Waals surface area contributed by atoms with Crippen molar-refractivity contribution in [3.05, 3.63) is 39.8 Å². The van der Waals surface area contributed by atoms with Gasteiger partial charge >= 0.3 is 5.97 Å². The molecule has 0 unspecified atom stereocenters. The second kappa shape index (κ2) is 3.55. The fourth-order valence-corrected chi connectivity index (χ4v) is 2.38. The van der Waals surface area contributed by atoms with Crippen LogP contribution in [0.5, 0.6) is 0 Å². The molecule has 0 aliphatic carbocycles. The van der Waals surface area contributed by atoms with Crippen LogP contribution >= 0.6 is 11.3 Å². The van der Waals surface area contributed by atoms with Crippen molar-refractivity contribution in [3.63, 3.8) is 0 Å². The molecule has 1 N–H and O–H groups in total. The van der Waals surface area contributed by atoms with Gasteiger partial charge in [0, 0.05) is 16.8 Å². The minimum absolute atomic E-state index is 0.374. The summed E-state index contributed by atoms with van der Waals surface area (Å²) in [5, 5.41) is 13.0. The Balaban J connectivity index is 2.63. The largest absolute Gasteiger partial charge is 0.478 e. The van der Waals surface area contributed by atoms with Gasteiger partial charge in [0.2, 0.25) is 0 Å². The number of carboxylic acid groups (broad SMARTS) is 1. The number of carbonyl (C=O) groups is 1. The lowest BCUT2D eigenvalue weighted by atomic mass is 10.2. The van der Waals surface area contributed by atoms with Gasteiger partial charge in [-0.2, -0.15) is 11.3 Å². The van der Waals surface area contributed by atoms with Crippen LogP contribution in [0.3, 0.4) is 0 Å². The van der Waals surface area contributed by atoms with Gasteiger partial charge in [0.05, 0.1) is 11.3 Å². The van der Waals surface area contributed by atoms with Gasteiger partial charge in [0.1, 0.15) is 0 Å². The van der Waals surface area contributed by atoms with E-state index in [1.165, 1.54) is 0 Å². The molecule has 3 nitrogen and oxygen atoms in total. The van der Waals surface area contributed by atoms with E-state index in [1.54, 1.807) is 17.4 Å². The molecule has 0 aliphatic heterocycles.